The average Bonchev–Trinajstić information content (AvgIpc) is 2.91. The van der Waals surface area contributed by atoms with Gasteiger partial charge in [-0.2, -0.15) is 0 Å². The highest BCUT2D eigenvalue weighted by Gasteiger charge is 2.18. The van der Waals surface area contributed by atoms with Crippen LogP contribution in [-0.2, 0) is 19.3 Å². The molecule has 0 fully saturated rings. The van der Waals surface area contributed by atoms with Crippen molar-refractivity contribution in [2.24, 2.45) is 5.73 Å². The molecular weight excluding hydrogens is 236 g/mol. The highest BCUT2D eigenvalue weighted by molar-refractivity contribution is 7.12. The quantitative estimate of drug-likeness (QED) is 0.909. The molecule has 0 saturated heterocycles. The number of aryl methyl sites for hydroxylation is 2. The van der Waals surface area contributed by atoms with Crippen LogP contribution in [0.2, 0.25) is 0 Å². The largest absolute Gasteiger partial charge is 0.323 e. The molecule has 0 aliphatic heterocycles. The molecule has 2 aromatic rings. The van der Waals surface area contributed by atoms with Gasteiger partial charge in [-0.25, -0.2) is 4.98 Å². The monoisotopic (exact) mass is 250 g/mol. The second-order valence-electron chi connectivity index (χ2n) is 4.16. The summed E-state index contributed by atoms with van der Waals surface area (Å²) in [5.74, 6) is 0. The lowest BCUT2D eigenvalue weighted by Crippen LogP contribution is -2.11. The van der Waals surface area contributed by atoms with Crippen LogP contribution in [0.3, 0.4) is 0 Å². The zero-order valence-electron chi connectivity index (χ0n) is 8.98. The molecule has 1 aliphatic rings. The summed E-state index contributed by atoms with van der Waals surface area (Å²) in [6.07, 6.45) is 4.56. The first kappa shape index (κ1) is 10.4. The van der Waals surface area contributed by atoms with E-state index in [0.717, 1.165) is 6.42 Å². The van der Waals surface area contributed by atoms with Gasteiger partial charge in [-0.1, -0.05) is 6.07 Å². The first-order chi connectivity index (χ1) is 7.83. The lowest BCUT2D eigenvalue weighted by Gasteiger charge is -2.06. The Balaban J connectivity index is 1.74. The fourth-order valence-electron chi connectivity index (χ4n) is 2.12. The zero-order chi connectivity index (χ0) is 11.0. The predicted octanol–water partition coefficient (Wildman–Crippen LogP) is 2.94. The van der Waals surface area contributed by atoms with E-state index in [-0.39, 0.29) is 6.04 Å². The van der Waals surface area contributed by atoms with Crippen LogP contribution in [0.25, 0.3) is 0 Å². The highest BCUT2D eigenvalue weighted by atomic mass is 32.1. The van der Waals surface area contributed by atoms with Gasteiger partial charge < -0.3 is 5.73 Å². The molecule has 0 spiro atoms. The van der Waals surface area contributed by atoms with Crippen molar-refractivity contribution in [1.82, 2.24) is 4.98 Å². The smallest absolute Gasteiger partial charge is 0.0950 e. The van der Waals surface area contributed by atoms with Crippen molar-refractivity contribution in [2.45, 2.75) is 31.7 Å². The van der Waals surface area contributed by atoms with E-state index in [1.165, 1.54) is 39.7 Å². The number of nitrogens with zero attached hydrogens (tertiary/aromatic N) is 1. The molecule has 1 atom stereocenters. The Labute approximate surface area is 103 Å². The average molecular weight is 250 g/mol. The van der Waals surface area contributed by atoms with Crippen LogP contribution in [0.4, 0.5) is 0 Å². The number of rotatable bonds is 3. The van der Waals surface area contributed by atoms with Crippen molar-refractivity contribution in [3.05, 3.63) is 38.0 Å². The number of nitrogens with two attached hydrogens (primary N) is 1. The van der Waals surface area contributed by atoms with Crippen molar-refractivity contribution >= 4 is 22.7 Å². The lowest BCUT2D eigenvalue weighted by molar-refractivity contribution is 0.728. The van der Waals surface area contributed by atoms with Crippen molar-refractivity contribution in [1.29, 1.82) is 0 Å². The molecule has 0 saturated carbocycles. The number of fused-ring (bicyclic) bond motifs is 1. The standard InChI is InChI=1S/C12H14N2S2/c13-8(10-5-2-6-15-10)7-12-14-9-3-1-4-11(9)16-12/h2,5-6,8H,1,3-4,7,13H2. The van der Waals surface area contributed by atoms with Crippen LogP contribution in [0.1, 0.15) is 32.9 Å². The van der Waals surface area contributed by atoms with Crippen LogP contribution in [-0.4, -0.2) is 4.98 Å². The second-order valence-corrected chi connectivity index (χ2v) is 6.30. The number of aromatic nitrogens is 1. The van der Waals surface area contributed by atoms with Gasteiger partial charge in [-0.3, -0.25) is 0 Å². The van der Waals surface area contributed by atoms with Gasteiger partial charge in [0, 0.05) is 22.2 Å². The van der Waals surface area contributed by atoms with Crippen molar-refractivity contribution < 1.29 is 0 Å². The summed E-state index contributed by atoms with van der Waals surface area (Å²) in [5.41, 5.74) is 7.50. The summed E-state index contributed by atoms with van der Waals surface area (Å²) in [6.45, 7) is 0. The zero-order valence-corrected chi connectivity index (χ0v) is 10.6. The first-order valence-corrected chi connectivity index (χ1v) is 7.29. The second kappa shape index (κ2) is 4.28. The Morgan fingerprint density at radius 3 is 3.12 bits per heavy atom. The predicted molar refractivity (Wildman–Crippen MR) is 69.1 cm³/mol. The third-order valence-corrected chi connectivity index (χ3v) is 5.13. The summed E-state index contributed by atoms with van der Waals surface area (Å²) in [7, 11) is 0. The summed E-state index contributed by atoms with van der Waals surface area (Å²) in [5, 5.41) is 3.29. The van der Waals surface area contributed by atoms with E-state index in [2.05, 4.69) is 22.5 Å². The number of thiazole rings is 1. The highest BCUT2D eigenvalue weighted by Crippen LogP contribution is 2.30. The minimum atomic E-state index is 0.117. The van der Waals surface area contributed by atoms with Crippen LogP contribution >= 0.6 is 22.7 Å². The molecule has 0 aromatic carbocycles. The van der Waals surface area contributed by atoms with Crippen LogP contribution in [0, 0.1) is 0 Å². The van der Waals surface area contributed by atoms with E-state index >= 15 is 0 Å². The molecule has 0 bridgehead atoms. The van der Waals surface area contributed by atoms with Gasteiger partial charge in [0.05, 0.1) is 10.7 Å². The molecule has 2 aromatic heterocycles. The Kier molecular flexibility index (Phi) is 2.79. The lowest BCUT2D eigenvalue weighted by atomic mass is 10.2. The maximum Gasteiger partial charge on any atom is 0.0950 e. The third-order valence-electron chi connectivity index (χ3n) is 2.94. The summed E-state index contributed by atoms with van der Waals surface area (Å²) >= 11 is 3.59. The topological polar surface area (TPSA) is 38.9 Å². The Morgan fingerprint density at radius 2 is 2.38 bits per heavy atom. The van der Waals surface area contributed by atoms with Gasteiger partial charge >= 0.3 is 0 Å². The SMILES string of the molecule is NC(Cc1nc2c(s1)CCC2)c1cccs1. The Bertz CT molecular complexity index is 452. The van der Waals surface area contributed by atoms with Gasteiger partial charge in [-0.15, -0.1) is 22.7 Å². The van der Waals surface area contributed by atoms with E-state index in [1.807, 2.05) is 11.3 Å². The Hall–Kier alpha value is -0.710. The van der Waals surface area contributed by atoms with Gasteiger partial charge in [0.15, 0.2) is 0 Å². The molecule has 4 heteroatoms. The fraction of sp³-hybridized carbons (Fsp3) is 0.417. The van der Waals surface area contributed by atoms with Crippen molar-refractivity contribution in [2.75, 3.05) is 0 Å². The van der Waals surface area contributed by atoms with E-state index < -0.39 is 0 Å². The van der Waals surface area contributed by atoms with E-state index in [0.29, 0.717) is 0 Å². The van der Waals surface area contributed by atoms with Gasteiger partial charge in [-0.05, 0) is 30.7 Å². The molecule has 0 radical (unpaired) electrons. The van der Waals surface area contributed by atoms with E-state index in [4.69, 9.17) is 5.73 Å². The molecule has 16 heavy (non-hydrogen) atoms. The molecule has 2 N–H and O–H groups in total. The maximum atomic E-state index is 6.17. The van der Waals surface area contributed by atoms with Gasteiger partial charge in [0.2, 0.25) is 0 Å². The Morgan fingerprint density at radius 1 is 1.44 bits per heavy atom. The van der Waals surface area contributed by atoms with Crippen molar-refractivity contribution in [3.8, 4) is 0 Å². The molecule has 2 nitrogen and oxygen atoms in total. The van der Waals surface area contributed by atoms with Gasteiger partial charge in [0.1, 0.15) is 0 Å². The molecule has 1 unspecified atom stereocenters. The van der Waals surface area contributed by atoms with Crippen LogP contribution in [0.15, 0.2) is 17.5 Å². The maximum absolute atomic E-state index is 6.17. The molecule has 84 valence electrons. The van der Waals surface area contributed by atoms with E-state index in [1.54, 1.807) is 11.3 Å². The minimum absolute atomic E-state index is 0.117. The van der Waals surface area contributed by atoms with Crippen LogP contribution in [0.5, 0.6) is 0 Å². The molecule has 1 aliphatic carbocycles. The summed E-state index contributed by atoms with van der Waals surface area (Å²) in [4.78, 5) is 7.44. The number of thiophene rings is 1. The first-order valence-electron chi connectivity index (χ1n) is 5.59. The number of hydrogen-bond acceptors (Lipinski definition) is 4. The summed E-state index contributed by atoms with van der Waals surface area (Å²) in [6, 6.07) is 4.28. The normalized spacial score (nSPS) is 16.3. The van der Waals surface area contributed by atoms with Crippen LogP contribution < -0.4 is 5.73 Å². The number of hydrogen-bond donors (Lipinski definition) is 1. The summed E-state index contributed by atoms with van der Waals surface area (Å²) < 4.78 is 0. The molecule has 0 amide bonds. The van der Waals surface area contributed by atoms with Gasteiger partial charge in [0.25, 0.3) is 0 Å². The molecule has 3 rings (SSSR count). The fourth-order valence-corrected chi connectivity index (χ4v) is 4.07. The van der Waals surface area contributed by atoms with E-state index in [9.17, 15) is 0 Å². The van der Waals surface area contributed by atoms with Crippen molar-refractivity contribution in [3.63, 3.8) is 0 Å². The minimum Gasteiger partial charge on any atom is -0.323 e. The molecular formula is C12H14N2S2. The molecule has 2 heterocycles. The third kappa shape index (κ3) is 1.93.